The maximum absolute atomic E-state index is 12.6. The van der Waals surface area contributed by atoms with Crippen molar-refractivity contribution in [3.05, 3.63) is 41.6 Å². The van der Waals surface area contributed by atoms with Gasteiger partial charge in [-0.25, -0.2) is 9.67 Å². The van der Waals surface area contributed by atoms with Gasteiger partial charge in [0.15, 0.2) is 5.82 Å². The molecule has 7 nitrogen and oxygen atoms in total. The summed E-state index contributed by atoms with van der Waals surface area (Å²) in [5, 5.41) is 18.0. The largest absolute Gasteiger partial charge is 0.435 e. The molecule has 9 heteroatoms. The molecule has 1 unspecified atom stereocenters. The molecule has 144 valence electrons. The number of alkyl halides is 2. The standard InChI is InChI=1S/C19H18F2N6O/c1-2-16-25-17-6-3-12(10-27(17)26-16)24-18-11(8-22)9-23-15-5-4-13(7-14(15)18)28-19(20)21/h4-5,7,9,12,19H,2-3,6,10H2,1H3,(H,23,24). The van der Waals surface area contributed by atoms with Crippen molar-refractivity contribution in [2.45, 2.75) is 45.4 Å². The van der Waals surface area contributed by atoms with Gasteiger partial charge < -0.3 is 10.1 Å². The Hall–Kier alpha value is -3.28. The predicted octanol–water partition coefficient (Wildman–Crippen LogP) is 3.29. The van der Waals surface area contributed by atoms with Gasteiger partial charge >= 0.3 is 6.61 Å². The molecule has 1 atom stereocenters. The summed E-state index contributed by atoms with van der Waals surface area (Å²) in [6, 6.07) is 6.67. The monoisotopic (exact) mass is 384 g/mol. The predicted molar refractivity (Wildman–Crippen MR) is 98.2 cm³/mol. The lowest BCUT2D eigenvalue weighted by molar-refractivity contribution is -0.0497. The molecule has 0 spiro atoms. The van der Waals surface area contributed by atoms with E-state index in [0.717, 1.165) is 30.9 Å². The minimum absolute atomic E-state index is 0.0243. The van der Waals surface area contributed by atoms with Crippen LogP contribution in [-0.2, 0) is 19.4 Å². The third-order valence-electron chi connectivity index (χ3n) is 4.75. The third kappa shape index (κ3) is 3.45. The summed E-state index contributed by atoms with van der Waals surface area (Å²) in [6.07, 6.45) is 3.86. The van der Waals surface area contributed by atoms with Gasteiger partial charge in [0.05, 0.1) is 23.3 Å². The molecule has 0 bridgehead atoms. The van der Waals surface area contributed by atoms with Crippen molar-refractivity contribution in [2.75, 3.05) is 5.32 Å². The first-order valence-electron chi connectivity index (χ1n) is 9.04. The van der Waals surface area contributed by atoms with Gasteiger partial charge in [0, 0.05) is 30.5 Å². The molecule has 0 amide bonds. The van der Waals surface area contributed by atoms with Crippen LogP contribution < -0.4 is 10.1 Å². The highest BCUT2D eigenvalue weighted by Gasteiger charge is 2.23. The second kappa shape index (κ2) is 7.38. The lowest BCUT2D eigenvalue weighted by Gasteiger charge is -2.25. The minimum Gasteiger partial charge on any atom is -0.435 e. The van der Waals surface area contributed by atoms with Crippen molar-refractivity contribution < 1.29 is 13.5 Å². The van der Waals surface area contributed by atoms with Crippen LogP contribution in [0, 0.1) is 11.3 Å². The second-order valence-corrected chi connectivity index (χ2v) is 6.58. The number of aromatic nitrogens is 4. The van der Waals surface area contributed by atoms with Crippen molar-refractivity contribution in [3.63, 3.8) is 0 Å². The highest BCUT2D eigenvalue weighted by atomic mass is 19.3. The summed E-state index contributed by atoms with van der Waals surface area (Å²) in [5.41, 5.74) is 1.51. The first-order chi connectivity index (χ1) is 13.6. The quantitative estimate of drug-likeness (QED) is 0.726. The number of halogens is 2. The smallest absolute Gasteiger partial charge is 0.387 e. The van der Waals surface area contributed by atoms with Gasteiger partial charge in [-0.15, -0.1) is 0 Å². The van der Waals surface area contributed by atoms with E-state index in [4.69, 9.17) is 0 Å². The number of benzene rings is 1. The molecule has 1 aromatic carbocycles. The Labute approximate surface area is 160 Å². The lowest BCUT2D eigenvalue weighted by atomic mass is 10.0. The number of ether oxygens (including phenoxy) is 1. The van der Waals surface area contributed by atoms with Gasteiger partial charge in [-0.05, 0) is 24.6 Å². The van der Waals surface area contributed by atoms with E-state index in [1.165, 1.54) is 18.3 Å². The summed E-state index contributed by atoms with van der Waals surface area (Å²) in [7, 11) is 0. The summed E-state index contributed by atoms with van der Waals surface area (Å²) in [6.45, 7) is -0.291. The van der Waals surface area contributed by atoms with Crippen LogP contribution in [-0.4, -0.2) is 32.4 Å². The van der Waals surface area contributed by atoms with E-state index in [1.54, 1.807) is 6.07 Å². The van der Waals surface area contributed by atoms with Crippen LogP contribution in [0.15, 0.2) is 24.4 Å². The Bertz CT molecular complexity index is 1060. The number of aryl methyl sites for hydroxylation is 2. The highest BCUT2D eigenvalue weighted by Crippen LogP contribution is 2.31. The Balaban J connectivity index is 1.68. The van der Waals surface area contributed by atoms with Crippen LogP contribution in [0.25, 0.3) is 10.9 Å². The Morgan fingerprint density at radius 3 is 3.04 bits per heavy atom. The van der Waals surface area contributed by atoms with Crippen LogP contribution in [0.3, 0.4) is 0 Å². The molecule has 28 heavy (non-hydrogen) atoms. The number of pyridine rings is 1. The topological polar surface area (TPSA) is 88.7 Å². The average molecular weight is 384 g/mol. The minimum atomic E-state index is -2.92. The molecule has 2 aromatic heterocycles. The highest BCUT2D eigenvalue weighted by molar-refractivity contribution is 5.95. The molecular weight excluding hydrogens is 366 g/mol. The van der Waals surface area contributed by atoms with Gasteiger partial charge in [-0.3, -0.25) is 4.98 Å². The fraction of sp³-hybridized carbons (Fsp3) is 0.368. The molecule has 3 aromatic rings. The van der Waals surface area contributed by atoms with E-state index < -0.39 is 6.61 Å². The maximum Gasteiger partial charge on any atom is 0.387 e. The molecule has 0 saturated carbocycles. The maximum atomic E-state index is 12.6. The summed E-state index contributed by atoms with van der Waals surface area (Å²) in [5.74, 6) is 1.80. The third-order valence-corrected chi connectivity index (χ3v) is 4.75. The Morgan fingerprint density at radius 1 is 1.43 bits per heavy atom. The summed E-state index contributed by atoms with van der Waals surface area (Å²) >= 11 is 0. The van der Waals surface area contributed by atoms with Crippen molar-refractivity contribution in [1.82, 2.24) is 19.7 Å². The Morgan fingerprint density at radius 2 is 2.29 bits per heavy atom. The number of hydrogen-bond acceptors (Lipinski definition) is 6. The van der Waals surface area contributed by atoms with Gasteiger partial charge in [0.25, 0.3) is 0 Å². The van der Waals surface area contributed by atoms with Crippen LogP contribution in [0.1, 0.15) is 30.6 Å². The van der Waals surface area contributed by atoms with E-state index in [0.29, 0.717) is 28.7 Å². The number of fused-ring (bicyclic) bond motifs is 2. The van der Waals surface area contributed by atoms with Gasteiger partial charge in [0.2, 0.25) is 0 Å². The fourth-order valence-electron chi connectivity index (χ4n) is 3.42. The zero-order valence-electron chi connectivity index (χ0n) is 15.2. The van der Waals surface area contributed by atoms with E-state index in [2.05, 4.69) is 31.2 Å². The number of nitrogens with one attached hydrogen (secondary N) is 1. The molecular formula is C19H18F2N6O. The second-order valence-electron chi connectivity index (χ2n) is 6.58. The molecule has 1 N–H and O–H groups in total. The molecule has 3 heterocycles. The van der Waals surface area contributed by atoms with E-state index in [-0.39, 0.29) is 11.8 Å². The molecule has 0 fully saturated rings. The van der Waals surface area contributed by atoms with Crippen molar-refractivity contribution in [2.24, 2.45) is 0 Å². The zero-order chi connectivity index (χ0) is 19.7. The van der Waals surface area contributed by atoms with Crippen molar-refractivity contribution in [1.29, 1.82) is 5.26 Å². The Kier molecular flexibility index (Phi) is 4.77. The van der Waals surface area contributed by atoms with Gasteiger partial charge in [0.1, 0.15) is 17.6 Å². The first-order valence-corrected chi connectivity index (χ1v) is 9.04. The van der Waals surface area contributed by atoms with Crippen molar-refractivity contribution in [3.8, 4) is 11.8 Å². The first kappa shape index (κ1) is 18.1. The SMILES string of the molecule is CCc1nc2n(n1)CC(Nc1c(C#N)cnc3ccc(OC(F)F)cc13)CC2. The number of nitrogens with zero attached hydrogens (tertiary/aromatic N) is 5. The van der Waals surface area contributed by atoms with Crippen molar-refractivity contribution >= 4 is 16.6 Å². The molecule has 0 radical (unpaired) electrons. The van der Waals surface area contributed by atoms with Crippen LogP contribution in [0.2, 0.25) is 0 Å². The number of rotatable bonds is 5. The summed E-state index contributed by atoms with van der Waals surface area (Å²) < 4.78 is 31.6. The molecule has 4 rings (SSSR count). The summed E-state index contributed by atoms with van der Waals surface area (Å²) in [4.78, 5) is 8.75. The number of hydrogen-bond donors (Lipinski definition) is 1. The van der Waals surface area contributed by atoms with Crippen LogP contribution in [0.5, 0.6) is 5.75 Å². The number of anilines is 1. The van der Waals surface area contributed by atoms with Gasteiger partial charge in [-0.2, -0.15) is 19.1 Å². The van der Waals surface area contributed by atoms with Crippen LogP contribution in [0.4, 0.5) is 14.5 Å². The molecule has 1 aliphatic rings. The average Bonchev–Trinajstić information content (AvgIpc) is 3.10. The molecule has 0 aliphatic carbocycles. The van der Waals surface area contributed by atoms with E-state index in [9.17, 15) is 14.0 Å². The lowest BCUT2D eigenvalue weighted by Crippen LogP contribution is -2.32. The molecule has 1 aliphatic heterocycles. The van der Waals surface area contributed by atoms with Gasteiger partial charge in [-0.1, -0.05) is 6.92 Å². The fourth-order valence-corrected chi connectivity index (χ4v) is 3.42. The normalized spacial score (nSPS) is 16.0. The van der Waals surface area contributed by atoms with E-state index >= 15 is 0 Å². The van der Waals surface area contributed by atoms with Crippen LogP contribution >= 0.6 is 0 Å². The zero-order valence-corrected chi connectivity index (χ0v) is 15.2. The molecule has 0 saturated heterocycles. The van der Waals surface area contributed by atoms with E-state index in [1.807, 2.05) is 11.6 Å². The number of nitriles is 1.